The van der Waals surface area contributed by atoms with Crippen LogP contribution in [0.25, 0.3) is 0 Å². The molecule has 3 atom stereocenters. The van der Waals surface area contributed by atoms with Crippen LogP contribution in [0.4, 0.5) is 4.79 Å². The third-order valence-corrected chi connectivity index (χ3v) is 6.10. The molecular weight excluding hydrogens is 334 g/mol. The molecule has 3 heterocycles. The Bertz CT molecular complexity index is 643. The van der Waals surface area contributed by atoms with Gasteiger partial charge in [-0.15, -0.1) is 0 Å². The molecule has 2 saturated heterocycles. The van der Waals surface area contributed by atoms with Crippen molar-refractivity contribution in [3.05, 3.63) is 11.6 Å². The van der Waals surface area contributed by atoms with Gasteiger partial charge in [0, 0.05) is 32.7 Å². The number of carbonyl (C=O) groups excluding carboxylic acids is 1. The van der Waals surface area contributed by atoms with E-state index in [4.69, 9.17) is 9.47 Å². The second kappa shape index (κ2) is 7.15. The van der Waals surface area contributed by atoms with Gasteiger partial charge in [-0.05, 0) is 32.6 Å². The molecule has 26 heavy (non-hydrogen) atoms. The first-order chi connectivity index (χ1) is 12.6. The Morgan fingerprint density at radius 1 is 1.42 bits per heavy atom. The van der Waals surface area contributed by atoms with Crippen LogP contribution in [0.1, 0.15) is 62.6 Å². The van der Waals surface area contributed by atoms with Crippen LogP contribution in [0, 0.1) is 6.92 Å². The number of rotatable bonds is 3. The molecule has 1 aromatic rings. The first-order valence-corrected chi connectivity index (χ1v) is 9.71. The molecule has 8 heteroatoms. The Morgan fingerprint density at radius 2 is 2.23 bits per heavy atom. The second-order valence-corrected chi connectivity index (χ2v) is 7.92. The number of hydrogen-bond acceptors (Lipinski definition) is 5. The normalized spacial score (nSPS) is 30.8. The van der Waals surface area contributed by atoms with Crippen molar-refractivity contribution in [3.63, 3.8) is 0 Å². The highest BCUT2D eigenvalue weighted by Gasteiger charge is 2.42. The van der Waals surface area contributed by atoms with E-state index in [1.807, 2.05) is 11.8 Å². The van der Waals surface area contributed by atoms with Gasteiger partial charge in [0.1, 0.15) is 5.82 Å². The van der Waals surface area contributed by atoms with Gasteiger partial charge in [0.25, 0.3) is 0 Å². The molecule has 0 bridgehead atoms. The molecule has 4 rings (SSSR count). The van der Waals surface area contributed by atoms with Gasteiger partial charge in [0.15, 0.2) is 5.82 Å². The highest BCUT2D eigenvalue weighted by Crippen LogP contribution is 2.40. The number of aromatic amines is 1. The van der Waals surface area contributed by atoms with Crippen LogP contribution in [0.3, 0.4) is 0 Å². The van der Waals surface area contributed by atoms with E-state index in [2.05, 4.69) is 20.5 Å². The van der Waals surface area contributed by atoms with E-state index in [1.54, 1.807) is 7.11 Å². The highest BCUT2D eigenvalue weighted by atomic mass is 16.5. The first-order valence-electron chi connectivity index (χ1n) is 9.71. The first kappa shape index (κ1) is 17.7. The number of aryl methyl sites for hydroxylation is 1. The lowest BCUT2D eigenvalue weighted by Gasteiger charge is -2.39. The van der Waals surface area contributed by atoms with Gasteiger partial charge < -0.3 is 19.7 Å². The van der Waals surface area contributed by atoms with E-state index in [1.165, 1.54) is 12.8 Å². The molecule has 3 fully saturated rings. The maximum Gasteiger partial charge on any atom is 0.318 e. The van der Waals surface area contributed by atoms with Gasteiger partial charge in [0.05, 0.1) is 17.7 Å². The minimum atomic E-state index is -0.148. The molecule has 0 aromatic carbocycles. The Hall–Kier alpha value is -1.67. The van der Waals surface area contributed by atoms with Gasteiger partial charge >= 0.3 is 6.03 Å². The molecule has 1 unspecified atom stereocenters. The molecule has 8 nitrogen and oxygen atoms in total. The molecule has 2 N–H and O–H groups in total. The van der Waals surface area contributed by atoms with Gasteiger partial charge in [-0.2, -0.15) is 5.10 Å². The van der Waals surface area contributed by atoms with Crippen LogP contribution in [-0.4, -0.2) is 64.1 Å². The lowest BCUT2D eigenvalue weighted by molar-refractivity contribution is -0.0824. The SMILES string of the molecule is CO[C@@H]1C[C@@H](c2n[nH]c(C)n2)N(C(=O)NC2CCOC3(CCCC3)C2)C1. The maximum absolute atomic E-state index is 13.0. The minimum Gasteiger partial charge on any atom is -0.380 e. The van der Waals surface area contributed by atoms with Crippen LogP contribution >= 0.6 is 0 Å². The van der Waals surface area contributed by atoms with E-state index < -0.39 is 0 Å². The fourth-order valence-electron chi connectivity index (χ4n) is 4.72. The van der Waals surface area contributed by atoms with Gasteiger partial charge in [-0.25, -0.2) is 9.78 Å². The Labute approximate surface area is 154 Å². The fraction of sp³-hybridized carbons (Fsp3) is 0.833. The molecule has 3 aliphatic rings. The third kappa shape index (κ3) is 3.44. The summed E-state index contributed by atoms with van der Waals surface area (Å²) in [5, 5.41) is 10.4. The van der Waals surface area contributed by atoms with E-state index in [-0.39, 0.29) is 29.8 Å². The molecule has 144 valence electrons. The van der Waals surface area contributed by atoms with Crippen molar-refractivity contribution in [1.82, 2.24) is 25.4 Å². The van der Waals surface area contributed by atoms with Gasteiger partial charge in [0.2, 0.25) is 0 Å². The summed E-state index contributed by atoms with van der Waals surface area (Å²) < 4.78 is 11.6. The van der Waals surface area contributed by atoms with Crippen LogP contribution < -0.4 is 5.32 Å². The number of urea groups is 1. The molecule has 1 aliphatic carbocycles. The van der Waals surface area contributed by atoms with Crippen molar-refractivity contribution in [2.75, 3.05) is 20.3 Å². The molecule has 1 spiro atoms. The summed E-state index contributed by atoms with van der Waals surface area (Å²) in [5.41, 5.74) is -0.00344. The second-order valence-electron chi connectivity index (χ2n) is 7.92. The number of nitrogens with one attached hydrogen (secondary N) is 2. The van der Waals surface area contributed by atoms with E-state index in [0.717, 1.165) is 44.5 Å². The molecule has 0 radical (unpaired) electrons. The largest absolute Gasteiger partial charge is 0.380 e. The average Bonchev–Trinajstić information content (AvgIpc) is 3.34. The van der Waals surface area contributed by atoms with Crippen molar-refractivity contribution >= 4 is 6.03 Å². The van der Waals surface area contributed by atoms with Crippen LogP contribution in [0.2, 0.25) is 0 Å². The number of likely N-dealkylation sites (tertiary alicyclic amines) is 1. The molecule has 1 saturated carbocycles. The standard InChI is InChI=1S/C18H29N5O3/c1-12-19-16(22-21-12)15-9-14(25-2)11-23(15)17(24)20-13-5-8-26-18(10-13)6-3-4-7-18/h13-15H,3-11H2,1-2H3,(H,20,24)(H,19,21,22)/t13?,14-,15+/m1/s1. The number of carbonyl (C=O) groups is 1. The van der Waals surface area contributed by atoms with Crippen LogP contribution in [0.5, 0.6) is 0 Å². The van der Waals surface area contributed by atoms with Crippen molar-refractivity contribution in [3.8, 4) is 0 Å². The van der Waals surface area contributed by atoms with Crippen molar-refractivity contribution in [1.29, 1.82) is 0 Å². The summed E-state index contributed by atoms with van der Waals surface area (Å²) >= 11 is 0. The van der Waals surface area contributed by atoms with Gasteiger partial charge in [-0.3, -0.25) is 5.10 Å². The summed E-state index contributed by atoms with van der Waals surface area (Å²) in [7, 11) is 1.69. The summed E-state index contributed by atoms with van der Waals surface area (Å²) in [6.45, 7) is 3.16. The number of aromatic nitrogens is 3. The minimum absolute atomic E-state index is 0.00344. The predicted molar refractivity (Wildman–Crippen MR) is 94.7 cm³/mol. The number of H-pyrrole nitrogens is 1. The maximum atomic E-state index is 13.0. The predicted octanol–water partition coefficient (Wildman–Crippen LogP) is 2.08. The zero-order valence-corrected chi connectivity index (χ0v) is 15.7. The fourth-order valence-corrected chi connectivity index (χ4v) is 4.72. The molecule has 2 amide bonds. The molecule has 1 aromatic heterocycles. The lowest BCUT2D eigenvalue weighted by Crippen LogP contribution is -2.51. The van der Waals surface area contributed by atoms with Crippen LogP contribution in [0.15, 0.2) is 0 Å². The number of amides is 2. The quantitative estimate of drug-likeness (QED) is 0.858. The van der Waals surface area contributed by atoms with Crippen molar-refractivity contribution < 1.29 is 14.3 Å². The summed E-state index contributed by atoms with van der Waals surface area (Å²) in [6, 6.07) is -0.0206. The zero-order chi connectivity index (χ0) is 18.1. The smallest absolute Gasteiger partial charge is 0.318 e. The van der Waals surface area contributed by atoms with E-state index in [0.29, 0.717) is 12.4 Å². The number of ether oxygens (including phenoxy) is 2. The van der Waals surface area contributed by atoms with Crippen LogP contribution in [-0.2, 0) is 9.47 Å². The molecular formula is C18H29N5O3. The Kier molecular flexibility index (Phi) is 4.88. The summed E-state index contributed by atoms with van der Waals surface area (Å²) in [6.07, 6.45) is 7.23. The zero-order valence-electron chi connectivity index (χ0n) is 15.7. The average molecular weight is 363 g/mol. The van der Waals surface area contributed by atoms with E-state index in [9.17, 15) is 4.79 Å². The monoisotopic (exact) mass is 363 g/mol. The van der Waals surface area contributed by atoms with Crippen molar-refractivity contribution in [2.45, 2.75) is 75.7 Å². The number of nitrogens with zero attached hydrogens (tertiary/aromatic N) is 3. The Morgan fingerprint density at radius 3 is 2.92 bits per heavy atom. The number of methoxy groups -OCH3 is 1. The number of hydrogen-bond donors (Lipinski definition) is 2. The lowest BCUT2D eigenvalue weighted by atomic mass is 9.89. The molecule has 2 aliphatic heterocycles. The van der Waals surface area contributed by atoms with E-state index >= 15 is 0 Å². The third-order valence-electron chi connectivity index (χ3n) is 6.10. The summed E-state index contributed by atoms with van der Waals surface area (Å²) in [4.78, 5) is 19.3. The highest BCUT2D eigenvalue weighted by molar-refractivity contribution is 5.75. The summed E-state index contributed by atoms with van der Waals surface area (Å²) in [5.74, 6) is 1.42. The van der Waals surface area contributed by atoms with Crippen molar-refractivity contribution in [2.24, 2.45) is 0 Å². The van der Waals surface area contributed by atoms with Gasteiger partial charge in [-0.1, -0.05) is 12.8 Å². The topological polar surface area (TPSA) is 92.4 Å². The Balaban J connectivity index is 1.43.